The highest BCUT2D eigenvalue weighted by Crippen LogP contribution is 2.42. The summed E-state index contributed by atoms with van der Waals surface area (Å²) in [5, 5.41) is 0. The Labute approximate surface area is 656 Å². The quantitative estimate of drug-likeness (QED) is 0.135. The highest BCUT2D eigenvalue weighted by Gasteiger charge is 2.25. The SMILES string of the molecule is CCCc1cc(C)ccc1C.CCc1cc(C)ccc1C.Cc1ccc(C)c(C)c1.Cc1ccc(C)c(C2=CCCC2)c1.Cc1ccc(C)c(C2=CCCCC2)c1.Cc1ccc(C)c(C2CC2)c1.Cc1ccc(C)c(C2CCC2)c1.Cc1ccc(C)c(C2CCCC2)c1.Cc1ccc(C)c(C2CCCCC2)c1. The van der Waals surface area contributed by atoms with E-state index in [0.717, 1.165) is 30.1 Å². The second kappa shape index (κ2) is 44.8. The van der Waals surface area contributed by atoms with Gasteiger partial charge < -0.3 is 0 Å². The lowest BCUT2D eigenvalue weighted by Gasteiger charge is -2.27. The fourth-order valence-electron chi connectivity index (χ4n) is 16.1. The molecule has 6 aliphatic carbocycles. The van der Waals surface area contributed by atoms with E-state index in [1.165, 1.54) is 276 Å². The normalized spacial score (nSPS) is 15.2. The van der Waals surface area contributed by atoms with E-state index in [-0.39, 0.29) is 0 Å². The first kappa shape index (κ1) is 86.7. The van der Waals surface area contributed by atoms with Crippen LogP contribution >= 0.6 is 0 Å². The number of rotatable bonds is 9. The lowest BCUT2D eigenvalue weighted by atomic mass is 9.78. The number of allylic oxidation sites excluding steroid dienone is 4. The van der Waals surface area contributed by atoms with Crippen LogP contribution in [0.15, 0.2) is 176 Å². The predicted octanol–water partition coefficient (Wildman–Crippen LogP) is 31.9. The van der Waals surface area contributed by atoms with Crippen molar-refractivity contribution in [1.82, 2.24) is 0 Å². The van der Waals surface area contributed by atoms with Crippen molar-refractivity contribution in [1.29, 1.82) is 0 Å². The minimum absolute atomic E-state index is 0.851. The first-order chi connectivity index (χ1) is 51.3. The molecule has 0 heteroatoms. The molecular weight excluding hydrogens is 1290 g/mol. The van der Waals surface area contributed by atoms with Crippen LogP contribution in [0.4, 0.5) is 0 Å². The van der Waals surface area contributed by atoms with Crippen molar-refractivity contribution >= 4 is 11.1 Å². The maximum Gasteiger partial charge on any atom is -0.0159 e. The number of hydrogen-bond donors (Lipinski definition) is 0. The average molecular weight is 1430 g/mol. The van der Waals surface area contributed by atoms with Gasteiger partial charge in [-0.2, -0.15) is 0 Å². The zero-order valence-electron chi connectivity index (χ0n) is 71.5. The van der Waals surface area contributed by atoms with Crippen LogP contribution in [0.1, 0.15) is 329 Å². The molecule has 107 heavy (non-hydrogen) atoms. The van der Waals surface area contributed by atoms with Crippen LogP contribution in [0.2, 0.25) is 0 Å². The molecule has 0 atom stereocenters. The van der Waals surface area contributed by atoms with Crippen LogP contribution in [-0.4, -0.2) is 0 Å². The van der Waals surface area contributed by atoms with Crippen LogP contribution in [0.5, 0.6) is 0 Å². The Morgan fingerprint density at radius 2 is 0.533 bits per heavy atom. The summed E-state index contributed by atoms with van der Waals surface area (Å²) < 4.78 is 0. The highest BCUT2D eigenvalue weighted by molar-refractivity contribution is 5.70. The zero-order valence-corrected chi connectivity index (χ0v) is 71.5. The molecule has 0 bridgehead atoms. The molecule has 0 radical (unpaired) electrons. The molecule has 0 saturated heterocycles. The summed E-state index contributed by atoms with van der Waals surface area (Å²) in [6.07, 6.45) is 37.4. The molecule has 4 saturated carbocycles. The van der Waals surface area contributed by atoms with Crippen LogP contribution in [0.25, 0.3) is 11.1 Å². The Bertz CT molecular complexity index is 4260. The van der Waals surface area contributed by atoms with Crippen molar-refractivity contribution in [2.75, 3.05) is 0 Å². The molecule has 4 fully saturated rings. The average Bonchev–Trinajstić information content (AvgIpc) is 1.82. The second-order valence-corrected chi connectivity index (χ2v) is 33.4. The molecule has 0 spiro atoms. The molecule has 0 aliphatic heterocycles. The summed E-state index contributed by atoms with van der Waals surface area (Å²) in [4.78, 5) is 0. The van der Waals surface area contributed by atoms with Gasteiger partial charge in [-0.1, -0.05) is 285 Å². The standard InChI is InChI=1S/C14H20.C14H18.C13H18.C13H16.C12H16.C11H14.C11H16.C10H14.C9H12/c2*1-11-8-9-12(2)14(10-11)13-6-4-3-5-7-13;2*1-10-7-8-11(2)13(9-10)12-5-3-4-6-12;1-9-6-7-10(2)12(8-9)11-4-3-5-11;1-8-3-4-9(2)11(7-8)10-5-6-10;1-4-5-11-8-9(2)6-7-10(11)3;1-4-10-7-8(2)5-6-9(10)3;1-7-4-5-8(2)9(3)6-7/h8-10,13H,3-7H2,1-2H3;6,8-10H,3-5,7H2,1-2H3;7-9,12H,3-6H2,1-2H3;5,7-9H,3-4,6H2,1-2H3;6-8,11H,3-5H2,1-2H3;3-4,7,10H,5-6H2,1-2H3;6-8H,4-5H2,1-3H3;5-7H,4H2,1-3H3;4-6H,1-3H3. The summed E-state index contributed by atoms with van der Waals surface area (Å²) >= 11 is 0. The van der Waals surface area contributed by atoms with Gasteiger partial charge in [-0.05, 0) is 376 Å². The van der Waals surface area contributed by atoms with E-state index in [9.17, 15) is 0 Å². The third-order valence-corrected chi connectivity index (χ3v) is 23.5. The Morgan fingerprint density at radius 3 is 0.850 bits per heavy atom. The first-order valence-electron chi connectivity index (χ1n) is 42.3. The van der Waals surface area contributed by atoms with Gasteiger partial charge in [0.15, 0.2) is 0 Å². The lowest BCUT2D eigenvalue weighted by Crippen LogP contribution is -2.10. The third-order valence-electron chi connectivity index (χ3n) is 23.5. The smallest absolute Gasteiger partial charge is 0.0159 e. The van der Waals surface area contributed by atoms with E-state index in [1.54, 1.807) is 33.4 Å². The van der Waals surface area contributed by atoms with Gasteiger partial charge in [0.2, 0.25) is 0 Å². The molecule has 572 valence electrons. The molecule has 9 aromatic rings. The summed E-state index contributed by atoms with van der Waals surface area (Å²) in [5.41, 5.74) is 42.3. The highest BCUT2D eigenvalue weighted by atomic mass is 14.3. The van der Waals surface area contributed by atoms with Gasteiger partial charge in [0.1, 0.15) is 0 Å². The van der Waals surface area contributed by atoms with Crippen molar-refractivity contribution in [2.24, 2.45) is 0 Å². The van der Waals surface area contributed by atoms with Crippen molar-refractivity contribution in [3.8, 4) is 0 Å². The molecule has 0 aromatic heterocycles. The predicted molar refractivity (Wildman–Crippen MR) is 475 cm³/mol. The van der Waals surface area contributed by atoms with Crippen LogP contribution < -0.4 is 0 Å². The maximum atomic E-state index is 2.42. The fraction of sp³-hybridized carbons (Fsp3) is 0.458. The monoisotopic (exact) mass is 1430 g/mol. The number of hydrogen-bond acceptors (Lipinski definition) is 0. The number of benzene rings is 9. The Morgan fingerprint density at radius 1 is 0.234 bits per heavy atom. The molecule has 0 amide bonds. The van der Waals surface area contributed by atoms with Crippen LogP contribution in [0, 0.1) is 132 Å². The molecular formula is C107H144. The largest absolute Gasteiger partial charge is 0.0807 e. The Kier molecular flexibility index (Phi) is 36.3. The minimum atomic E-state index is 0.851. The summed E-state index contributed by atoms with van der Waals surface area (Å²) in [6.45, 7) is 45.9. The van der Waals surface area contributed by atoms with Gasteiger partial charge in [-0.3, -0.25) is 0 Å². The summed E-state index contributed by atoms with van der Waals surface area (Å²) in [7, 11) is 0. The van der Waals surface area contributed by atoms with Crippen molar-refractivity contribution in [3.63, 3.8) is 0 Å². The van der Waals surface area contributed by atoms with Gasteiger partial charge in [0.05, 0.1) is 0 Å². The summed E-state index contributed by atoms with van der Waals surface area (Å²) in [5.74, 6) is 3.49. The minimum Gasteiger partial charge on any atom is -0.0807 e. The molecule has 6 aliphatic rings. The molecule has 0 heterocycles. The van der Waals surface area contributed by atoms with Crippen LogP contribution in [0.3, 0.4) is 0 Å². The maximum absolute atomic E-state index is 2.42. The molecule has 9 aromatic carbocycles. The van der Waals surface area contributed by atoms with Gasteiger partial charge in [-0.15, -0.1) is 0 Å². The van der Waals surface area contributed by atoms with Gasteiger partial charge in [0, 0.05) is 0 Å². The van der Waals surface area contributed by atoms with Crippen LogP contribution in [-0.2, 0) is 12.8 Å². The van der Waals surface area contributed by atoms with E-state index in [2.05, 4.69) is 321 Å². The summed E-state index contributed by atoms with van der Waals surface area (Å²) in [6, 6.07) is 60.6. The van der Waals surface area contributed by atoms with E-state index in [0.29, 0.717) is 0 Å². The topological polar surface area (TPSA) is 0 Å². The lowest BCUT2D eigenvalue weighted by molar-refractivity contribution is 0.418. The first-order valence-corrected chi connectivity index (χ1v) is 42.3. The van der Waals surface area contributed by atoms with Crippen molar-refractivity contribution < 1.29 is 0 Å². The second-order valence-electron chi connectivity index (χ2n) is 33.4. The zero-order chi connectivity index (χ0) is 77.5. The van der Waals surface area contributed by atoms with Gasteiger partial charge >= 0.3 is 0 Å². The van der Waals surface area contributed by atoms with Crippen molar-refractivity contribution in [2.45, 2.75) is 323 Å². The third kappa shape index (κ3) is 29.1. The van der Waals surface area contributed by atoms with E-state index < -0.39 is 0 Å². The van der Waals surface area contributed by atoms with Crippen molar-refractivity contribution in [3.05, 3.63) is 326 Å². The molecule has 0 N–H and O–H groups in total. The van der Waals surface area contributed by atoms with Gasteiger partial charge in [0.25, 0.3) is 0 Å². The molecule has 0 nitrogen and oxygen atoms in total. The van der Waals surface area contributed by atoms with Gasteiger partial charge in [-0.25, -0.2) is 0 Å². The molecule has 15 rings (SSSR count). The number of aryl methyl sites for hydroxylation is 21. The van der Waals surface area contributed by atoms with E-state index >= 15 is 0 Å². The Balaban J connectivity index is 0.000000168. The van der Waals surface area contributed by atoms with E-state index in [4.69, 9.17) is 0 Å². The Hall–Kier alpha value is -7.54. The van der Waals surface area contributed by atoms with E-state index in [1.807, 2.05) is 0 Å². The molecule has 0 unspecified atom stereocenters. The fourth-order valence-corrected chi connectivity index (χ4v) is 16.1.